The molecule has 0 aliphatic carbocycles. The van der Waals surface area contributed by atoms with Crippen LogP contribution in [0.15, 0.2) is 60.7 Å². The van der Waals surface area contributed by atoms with Crippen LogP contribution in [0.2, 0.25) is 0 Å². The molecule has 2 aromatic rings. The minimum Gasteiger partial charge on any atom is -0.387 e. The molecule has 0 saturated carbocycles. The highest BCUT2D eigenvalue weighted by Gasteiger charge is 2.33. The standard InChI is InChI=1S/C17H20O/c1-3-17(2,15-12-8-5-9-13-15)16(18)14-10-6-4-7-11-14/h4-13,16,18H,3H2,1-2H3/t16-,17-/m0/s1. The van der Waals surface area contributed by atoms with Crippen molar-refractivity contribution >= 4 is 0 Å². The lowest BCUT2D eigenvalue weighted by molar-refractivity contribution is 0.0869. The van der Waals surface area contributed by atoms with Crippen LogP contribution in [0.3, 0.4) is 0 Å². The van der Waals surface area contributed by atoms with Gasteiger partial charge in [0.25, 0.3) is 0 Å². The molecule has 2 atom stereocenters. The number of rotatable bonds is 4. The Balaban J connectivity index is 2.39. The van der Waals surface area contributed by atoms with Gasteiger partial charge in [-0.15, -0.1) is 0 Å². The first-order chi connectivity index (χ1) is 8.68. The zero-order valence-electron chi connectivity index (χ0n) is 11.0. The van der Waals surface area contributed by atoms with Crippen molar-refractivity contribution in [1.29, 1.82) is 0 Å². The maximum Gasteiger partial charge on any atom is 0.0883 e. The molecule has 0 spiro atoms. The van der Waals surface area contributed by atoms with Gasteiger partial charge in [-0.1, -0.05) is 74.5 Å². The fourth-order valence-corrected chi connectivity index (χ4v) is 2.38. The quantitative estimate of drug-likeness (QED) is 0.853. The van der Waals surface area contributed by atoms with Crippen molar-refractivity contribution < 1.29 is 5.11 Å². The van der Waals surface area contributed by atoms with Crippen LogP contribution in [0.4, 0.5) is 0 Å². The molecule has 1 heteroatoms. The molecule has 0 bridgehead atoms. The van der Waals surface area contributed by atoms with E-state index in [-0.39, 0.29) is 5.41 Å². The Bertz CT molecular complexity index is 477. The largest absolute Gasteiger partial charge is 0.387 e. The molecule has 2 rings (SSSR count). The number of hydrogen-bond acceptors (Lipinski definition) is 1. The summed E-state index contributed by atoms with van der Waals surface area (Å²) in [6.07, 6.45) is 0.415. The lowest BCUT2D eigenvalue weighted by Crippen LogP contribution is -2.29. The van der Waals surface area contributed by atoms with Crippen molar-refractivity contribution in [3.63, 3.8) is 0 Å². The summed E-state index contributed by atoms with van der Waals surface area (Å²) in [5, 5.41) is 10.7. The molecule has 0 fully saturated rings. The van der Waals surface area contributed by atoms with Gasteiger partial charge in [-0.25, -0.2) is 0 Å². The van der Waals surface area contributed by atoms with Gasteiger partial charge in [0.2, 0.25) is 0 Å². The molecule has 0 saturated heterocycles. The van der Waals surface area contributed by atoms with Crippen LogP contribution in [0.1, 0.15) is 37.5 Å². The second-order valence-corrected chi connectivity index (χ2v) is 4.95. The molecule has 94 valence electrons. The van der Waals surface area contributed by atoms with Gasteiger partial charge >= 0.3 is 0 Å². The summed E-state index contributed by atoms with van der Waals surface area (Å²) in [7, 11) is 0. The van der Waals surface area contributed by atoms with E-state index in [1.807, 2.05) is 48.5 Å². The topological polar surface area (TPSA) is 20.2 Å². The zero-order chi connectivity index (χ0) is 13.0. The molecule has 0 aliphatic heterocycles. The summed E-state index contributed by atoms with van der Waals surface area (Å²) in [4.78, 5) is 0. The van der Waals surface area contributed by atoms with Crippen LogP contribution < -0.4 is 0 Å². The molecule has 2 aromatic carbocycles. The molecule has 0 heterocycles. The van der Waals surface area contributed by atoms with E-state index < -0.39 is 6.10 Å². The van der Waals surface area contributed by atoms with E-state index in [1.165, 1.54) is 5.56 Å². The molecule has 0 unspecified atom stereocenters. The molecular formula is C17H20O. The predicted octanol–water partition coefficient (Wildman–Crippen LogP) is 4.09. The molecule has 0 amide bonds. The Morgan fingerprint density at radius 2 is 1.44 bits per heavy atom. The minimum absolute atomic E-state index is 0.247. The lowest BCUT2D eigenvalue weighted by atomic mass is 9.73. The Morgan fingerprint density at radius 1 is 0.944 bits per heavy atom. The third-order valence-electron chi connectivity index (χ3n) is 3.89. The van der Waals surface area contributed by atoms with Crippen molar-refractivity contribution in [1.82, 2.24) is 0 Å². The Kier molecular flexibility index (Phi) is 3.83. The third-order valence-corrected chi connectivity index (χ3v) is 3.89. The summed E-state index contributed by atoms with van der Waals surface area (Å²) in [6.45, 7) is 4.25. The molecule has 0 aliphatic rings. The highest BCUT2D eigenvalue weighted by atomic mass is 16.3. The van der Waals surface area contributed by atoms with E-state index >= 15 is 0 Å². The van der Waals surface area contributed by atoms with E-state index in [2.05, 4.69) is 26.0 Å². The third kappa shape index (κ3) is 2.32. The second-order valence-electron chi connectivity index (χ2n) is 4.95. The Morgan fingerprint density at radius 3 is 1.94 bits per heavy atom. The highest BCUT2D eigenvalue weighted by molar-refractivity contribution is 5.31. The van der Waals surface area contributed by atoms with Crippen LogP contribution >= 0.6 is 0 Å². The van der Waals surface area contributed by atoms with Gasteiger partial charge in [-0.2, -0.15) is 0 Å². The Hall–Kier alpha value is -1.60. The van der Waals surface area contributed by atoms with Crippen LogP contribution in [-0.2, 0) is 5.41 Å². The smallest absolute Gasteiger partial charge is 0.0883 e. The first kappa shape index (κ1) is 12.8. The van der Waals surface area contributed by atoms with Crippen LogP contribution in [0.25, 0.3) is 0 Å². The lowest BCUT2D eigenvalue weighted by Gasteiger charge is -2.34. The van der Waals surface area contributed by atoms with Gasteiger partial charge in [0.05, 0.1) is 6.10 Å². The van der Waals surface area contributed by atoms with E-state index in [9.17, 15) is 5.11 Å². The van der Waals surface area contributed by atoms with Crippen molar-refractivity contribution in [2.45, 2.75) is 31.8 Å². The second kappa shape index (κ2) is 5.36. The van der Waals surface area contributed by atoms with Crippen LogP contribution in [-0.4, -0.2) is 5.11 Å². The molecule has 1 nitrogen and oxygen atoms in total. The summed E-state index contributed by atoms with van der Waals surface area (Å²) in [6, 6.07) is 20.1. The highest BCUT2D eigenvalue weighted by Crippen LogP contribution is 2.39. The number of aliphatic hydroxyl groups is 1. The van der Waals surface area contributed by atoms with Crippen molar-refractivity contribution in [3.05, 3.63) is 71.8 Å². The fourth-order valence-electron chi connectivity index (χ4n) is 2.38. The summed E-state index contributed by atoms with van der Waals surface area (Å²) in [5.74, 6) is 0. The summed E-state index contributed by atoms with van der Waals surface area (Å²) >= 11 is 0. The fraction of sp³-hybridized carbons (Fsp3) is 0.294. The molecule has 1 N–H and O–H groups in total. The van der Waals surface area contributed by atoms with E-state index in [0.717, 1.165) is 12.0 Å². The van der Waals surface area contributed by atoms with Crippen molar-refractivity contribution in [3.8, 4) is 0 Å². The van der Waals surface area contributed by atoms with Gasteiger partial charge in [-0.05, 0) is 17.5 Å². The van der Waals surface area contributed by atoms with Gasteiger partial charge in [0.15, 0.2) is 0 Å². The molecule has 0 radical (unpaired) electrons. The normalized spacial score (nSPS) is 15.9. The van der Waals surface area contributed by atoms with Gasteiger partial charge in [-0.3, -0.25) is 0 Å². The zero-order valence-corrected chi connectivity index (χ0v) is 11.0. The molecular weight excluding hydrogens is 220 g/mol. The average Bonchev–Trinajstić information content (AvgIpc) is 2.47. The van der Waals surface area contributed by atoms with Crippen molar-refractivity contribution in [2.24, 2.45) is 0 Å². The number of aliphatic hydroxyl groups excluding tert-OH is 1. The molecule has 18 heavy (non-hydrogen) atoms. The summed E-state index contributed by atoms with van der Waals surface area (Å²) < 4.78 is 0. The van der Waals surface area contributed by atoms with Gasteiger partial charge in [0, 0.05) is 5.41 Å². The van der Waals surface area contributed by atoms with E-state index in [1.54, 1.807) is 0 Å². The predicted molar refractivity (Wildman–Crippen MR) is 75.5 cm³/mol. The van der Waals surface area contributed by atoms with Gasteiger partial charge < -0.3 is 5.11 Å². The number of benzene rings is 2. The average molecular weight is 240 g/mol. The van der Waals surface area contributed by atoms with Crippen LogP contribution in [0, 0.1) is 0 Å². The maximum absolute atomic E-state index is 10.7. The van der Waals surface area contributed by atoms with E-state index in [4.69, 9.17) is 0 Å². The SMILES string of the molecule is CC[C@@](C)(c1ccccc1)[C@@H](O)c1ccccc1. The maximum atomic E-state index is 10.7. The van der Waals surface area contributed by atoms with Crippen molar-refractivity contribution in [2.75, 3.05) is 0 Å². The monoisotopic (exact) mass is 240 g/mol. The Labute approximate surface area is 109 Å². The summed E-state index contributed by atoms with van der Waals surface area (Å²) in [5.41, 5.74) is 1.91. The first-order valence-corrected chi connectivity index (χ1v) is 6.47. The molecule has 0 aromatic heterocycles. The first-order valence-electron chi connectivity index (χ1n) is 6.47. The van der Waals surface area contributed by atoms with Crippen LogP contribution in [0.5, 0.6) is 0 Å². The van der Waals surface area contributed by atoms with Gasteiger partial charge in [0.1, 0.15) is 0 Å². The minimum atomic E-state index is -0.480. The number of hydrogen-bond donors (Lipinski definition) is 1. The van der Waals surface area contributed by atoms with E-state index in [0.29, 0.717) is 0 Å².